The quantitative estimate of drug-likeness (QED) is 0.696. The molecule has 0 atom stereocenters. The van der Waals surface area contributed by atoms with Crippen LogP contribution in [0.15, 0.2) is 0 Å². The summed E-state index contributed by atoms with van der Waals surface area (Å²) < 4.78 is 0. The molecule has 18 heavy (non-hydrogen) atoms. The first-order chi connectivity index (χ1) is 8.38. The van der Waals surface area contributed by atoms with Crippen LogP contribution in [-0.4, -0.2) is 29.5 Å². The molecule has 2 aliphatic rings. The van der Waals surface area contributed by atoms with Gasteiger partial charge < -0.3 is 10.4 Å². The molecule has 0 aromatic carbocycles. The molecule has 0 radical (unpaired) electrons. The van der Waals surface area contributed by atoms with Gasteiger partial charge in [-0.2, -0.15) is 0 Å². The SMILES string of the molecule is C1CCC(N2CCCC2)CC1.CCCCCC.O. The second kappa shape index (κ2) is 12.0. The summed E-state index contributed by atoms with van der Waals surface area (Å²) in [5.41, 5.74) is 0. The lowest BCUT2D eigenvalue weighted by molar-refractivity contribution is 0.191. The van der Waals surface area contributed by atoms with Gasteiger partial charge in [0.05, 0.1) is 0 Å². The summed E-state index contributed by atoms with van der Waals surface area (Å²) in [6, 6.07) is 0.978. The van der Waals surface area contributed by atoms with Crippen LogP contribution in [-0.2, 0) is 0 Å². The highest BCUT2D eigenvalue weighted by molar-refractivity contribution is 4.78. The van der Waals surface area contributed by atoms with Crippen LogP contribution in [0.5, 0.6) is 0 Å². The van der Waals surface area contributed by atoms with E-state index < -0.39 is 0 Å². The van der Waals surface area contributed by atoms with E-state index in [0.717, 1.165) is 6.04 Å². The van der Waals surface area contributed by atoms with Crippen molar-refractivity contribution in [3.63, 3.8) is 0 Å². The van der Waals surface area contributed by atoms with Crippen molar-refractivity contribution in [3.8, 4) is 0 Å². The van der Waals surface area contributed by atoms with E-state index in [0.29, 0.717) is 0 Å². The predicted octanol–water partition coefficient (Wildman–Crippen LogP) is 4.18. The number of hydrogen-bond acceptors (Lipinski definition) is 1. The van der Waals surface area contributed by atoms with Crippen LogP contribution in [0.4, 0.5) is 0 Å². The Morgan fingerprint density at radius 1 is 0.778 bits per heavy atom. The number of unbranched alkanes of at least 4 members (excludes halogenated alkanes) is 3. The maximum atomic E-state index is 2.72. The third-order valence-electron chi connectivity index (χ3n) is 4.19. The summed E-state index contributed by atoms with van der Waals surface area (Å²) in [7, 11) is 0. The van der Waals surface area contributed by atoms with Gasteiger partial charge in [-0.3, -0.25) is 0 Å². The van der Waals surface area contributed by atoms with Gasteiger partial charge in [-0.1, -0.05) is 58.8 Å². The summed E-state index contributed by atoms with van der Waals surface area (Å²) in [5.74, 6) is 0. The molecule has 0 aromatic rings. The molecule has 1 heterocycles. The van der Waals surface area contributed by atoms with Crippen LogP contribution in [0.25, 0.3) is 0 Å². The van der Waals surface area contributed by atoms with E-state index in [1.165, 1.54) is 83.7 Å². The first kappa shape index (κ1) is 17.9. The van der Waals surface area contributed by atoms with Crippen molar-refractivity contribution in [2.24, 2.45) is 0 Å². The lowest BCUT2D eigenvalue weighted by atomic mass is 9.94. The minimum Gasteiger partial charge on any atom is -0.412 e. The summed E-state index contributed by atoms with van der Waals surface area (Å²) >= 11 is 0. The average Bonchev–Trinajstić information content (AvgIpc) is 2.92. The minimum absolute atomic E-state index is 0. The first-order valence-electron chi connectivity index (χ1n) is 8.12. The Balaban J connectivity index is 0.000000362. The van der Waals surface area contributed by atoms with Gasteiger partial charge >= 0.3 is 0 Å². The topological polar surface area (TPSA) is 34.7 Å². The number of nitrogens with zero attached hydrogens (tertiary/aromatic N) is 1. The lowest BCUT2D eigenvalue weighted by Gasteiger charge is -2.30. The van der Waals surface area contributed by atoms with Crippen molar-refractivity contribution in [2.75, 3.05) is 13.1 Å². The summed E-state index contributed by atoms with van der Waals surface area (Å²) in [6.07, 6.45) is 15.9. The van der Waals surface area contributed by atoms with Gasteiger partial charge in [-0.15, -0.1) is 0 Å². The minimum atomic E-state index is 0. The summed E-state index contributed by atoms with van der Waals surface area (Å²) in [4.78, 5) is 2.72. The van der Waals surface area contributed by atoms with Gasteiger partial charge in [0.1, 0.15) is 0 Å². The molecule has 2 fully saturated rings. The van der Waals surface area contributed by atoms with Crippen molar-refractivity contribution in [1.29, 1.82) is 0 Å². The highest BCUT2D eigenvalue weighted by Crippen LogP contribution is 2.25. The van der Waals surface area contributed by atoms with Crippen molar-refractivity contribution < 1.29 is 5.48 Å². The maximum absolute atomic E-state index is 2.72. The van der Waals surface area contributed by atoms with Crippen molar-refractivity contribution >= 4 is 0 Å². The fourth-order valence-corrected chi connectivity index (χ4v) is 3.05. The zero-order valence-corrected chi connectivity index (χ0v) is 12.7. The molecular formula is C16H35NO. The van der Waals surface area contributed by atoms with Gasteiger partial charge in [0.15, 0.2) is 0 Å². The Morgan fingerprint density at radius 3 is 1.72 bits per heavy atom. The monoisotopic (exact) mass is 257 g/mol. The molecule has 1 aliphatic carbocycles. The fourth-order valence-electron chi connectivity index (χ4n) is 3.05. The number of rotatable bonds is 4. The standard InChI is InChI=1S/C10H19N.C6H14.H2O/c1-2-6-10(7-3-1)11-8-4-5-9-11;1-3-5-6-4-2;/h10H,1-9H2;3-6H2,1-2H3;1H2. The van der Waals surface area contributed by atoms with Crippen LogP contribution < -0.4 is 0 Å². The number of hydrogen-bond donors (Lipinski definition) is 0. The third kappa shape index (κ3) is 7.38. The highest BCUT2D eigenvalue weighted by Gasteiger charge is 2.22. The smallest absolute Gasteiger partial charge is 0.00952 e. The molecule has 0 amide bonds. The summed E-state index contributed by atoms with van der Waals surface area (Å²) in [6.45, 7) is 7.25. The van der Waals surface area contributed by atoms with Gasteiger partial charge in [-0.05, 0) is 38.8 Å². The van der Waals surface area contributed by atoms with Gasteiger partial charge in [0.2, 0.25) is 0 Å². The molecule has 0 spiro atoms. The fraction of sp³-hybridized carbons (Fsp3) is 1.00. The van der Waals surface area contributed by atoms with E-state index in [2.05, 4.69) is 18.7 Å². The Kier molecular flexibility index (Phi) is 11.9. The third-order valence-corrected chi connectivity index (χ3v) is 4.19. The second-order valence-corrected chi connectivity index (χ2v) is 5.74. The Morgan fingerprint density at radius 2 is 1.28 bits per heavy atom. The van der Waals surface area contributed by atoms with Gasteiger partial charge in [0, 0.05) is 6.04 Å². The average molecular weight is 257 g/mol. The normalized spacial score (nSPS) is 21.0. The van der Waals surface area contributed by atoms with Crippen LogP contribution >= 0.6 is 0 Å². The van der Waals surface area contributed by atoms with Crippen LogP contribution in [0.1, 0.15) is 84.5 Å². The molecule has 110 valence electrons. The van der Waals surface area contributed by atoms with Crippen LogP contribution in [0.3, 0.4) is 0 Å². The molecule has 1 saturated heterocycles. The lowest BCUT2D eigenvalue weighted by Crippen LogP contribution is -2.34. The molecule has 1 aliphatic heterocycles. The molecule has 2 heteroatoms. The molecule has 2 N–H and O–H groups in total. The second-order valence-electron chi connectivity index (χ2n) is 5.74. The van der Waals surface area contributed by atoms with E-state index in [1.54, 1.807) is 0 Å². The van der Waals surface area contributed by atoms with Crippen LogP contribution in [0.2, 0.25) is 0 Å². The molecule has 0 unspecified atom stereocenters. The molecular weight excluding hydrogens is 222 g/mol. The van der Waals surface area contributed by atoms with Gasteiger partial charge in [-0.25, -0.2) is 0 Å². The van der Waals surface area contributed by atoms with Crippen LogP contribution in [0, 0.1) is 0 Å². The van der Waals surface area contributed by atoms with E-state index in [4.69, 9.17) is 0 Å². The molecule has 0 bridgehead atoms. The van der Waals surface area contributed by atoms with E-state index >= 15 is 0 Å². The zero-order valence-electron chi connectivity index (χ0n) is 12.7. The Bertz CT molecular complexity index is 156. The predicted molar refractivity (Wildman–Crippen MR) is 81.1 cm³/mol. The Hall–Kier alpha value is -0.0800. The Labute approximate surface area is 114 Å². The van der Waals surface area contributed by atoms with Crippen molar-refractivity contribution in [1.82, 2.24) is 4.90 Å². The molecule has 1 saturated carbocycles. The molecule has 2 rings (SSSR count). The van der Waals surface area contributed by atoms with Crippen molar-refractivity contribution in [2.45, 2.75) is 90.5 Å². The summed E-state index contributed by atoms with van der Waals surface area (Å²) in [5, 5.41) is 0. The first-order valence-corrected chi connectivity index (χ1v) is 8.12. The van der Waals surface area contributed by atoms with Gasteiger partial charge in [0.25, 0.3) is 0 Å². The van der Waals surface area contributed by atoms with E-state index in [9.17, 15) is 0 Å². The van der Waals surface area contributed by atoms with Crippen molar-refractivity contribution in [3.05, 3.63) is 0 Å². The van der Waals surface area contributed by atoms with E-state index in [1.807, 2.05) is 0 Å². The molecule has 2 nitrogen and oxygen atoms in total. The maximum Gasteiger partial charge on any atom is 0.00952 e. The highest BCUT2D eigenvalue weighted by atomic mass is 16.0. The largest absolute Gasteiger partial charge is 0.412 e. The molecule has 0 aromatic heterocycles. The number of likely N-dealkylation sites (tertiary alicyclic amines) is 1. The zero-order chi connectivity index (χ0) is 12.3. The van der Waals surface area contributed by atoms with E-state index in [-0.39, 0.29) is 5.48 Å².